The molecule has 0 aliphatic rings. The number of hydrogen-bond donors (Lipinski definition) is 6. The van der Waals surface area contributed by atoms with E-state index in [2.05, 4.69) is 11.7 Å². The van der Waals surface area contributed by atoms with E-state index in [1.165, 1.54) is 0 Å². The molecule has 8 N–H and O–H groups in total. The summed E-state index contributed by atoms with van der Waals surface area (Å²) in [5.41, 5.74) is -2.74. The van der Waals surface area contributed by atoms with Crippen molar-refractivity contribution in [2.45, 2.75) is 18.4 Å². The Kier molecular flexibility index (Phi) is 11.9. The van der Waals surface area contributed by atoms with Crippen molar-refractivity contribution in [3.8, 4) is 0 Å². The van der Waals surface area contributed by atoms with E-state index in [4.69, 9.17) is 20.4 Å². The predicted molar refractivity (Wildman–Crippen MR) is 53.4 cm³/mol. The molecule has 0 amide bonds. The Morgan fingerprint density at radius 3 is 1.38 bits per heavy atom. The summed E-state index contributed by atoms with van der Waals surface area (Å²) in [4.78, 5) is 30.5. The van der Waals surface area contributed by atoms with Crippen LogP contribution in [-0.2, 0) is 14.4 Å². The number of rotatable bonds is 5. The molecule has 0 aromatic carbocycles. The second-order valence-electron chi connectivity index (χ2n) is 2.48. The van der Waals surface area contributed by atoms with Crippen LogP contribution in [0.15, 0.2) is 0 Å². The minimum absolute atomic E-state index is 0. The Balaban J connectivity index is -0.000000107. The maximum atomic E-state index is 10.3. The van der Waals surface area contributed by atoms with Crippen LogP contribution in [0.25, 0.3) is 0 Å². The zero-order valence-corrected chi connectivity index (χ0v) is 9.70. The van der Waals surface area contributed by atoms with Gasteiger partial charge in [-0.05, 0) is 0 Å². The van der Waals surface area contributed by atoms with E-state index in [0.29, 0.717) is 0 Å². The molecule has 16 heavy (non-hydrogen) atoms. The fourth-order valence-corrected chi connectivity index (χ4v) is 0.714. The first-order valence-electron chi connectivity index (χ1n) is 3.50. The van der Waals surface area contributed by atoms with Gasteiger partial charge in [0, 0.05) is 0 Å². The Labute approximate surface area is 109 Å². The fourth-order valence-electron chi connectivity index (χ4n) is 0.714. The summed E-state index contributed by atoms with van der Waals surface area (Å²) >= 11 is 0. The molecule has 0 radical (unpaired) electrons. The van der Waals surface area contributed by atoms with Gasteiger partial charge in [-0.15, -0.1) is 0 Å². The SMILES string of the molecule is NN.O=C(O)CC(O)(CC(=O)O)C(=O)O.[H-].[H-].[Mg+2]. The zero-order chi connectivity index (χ0) is 12.6. The van der Waals surface area contributed by atoms with Gasteiger partial charge in [0.15, 0.2) is 5.60 Å². The summed E-state index contributed by atoms with van der Waals surface area (Å²) in [5, 5.41) is 33.8. The third kappa shape index (κ3) is 8.37. The van der Waals surface area contributed by atoms with Crippen molar-refractivity contribution in [1.82, 2.24) is 0 Å². The molecule has 0 aromatic rings. The molecular formula is C6H14MgN2O7. The quantitative estimate of drug-likeness (QED) is 0.173. The normalized spacial score (nSPS) is 9.19. The molecule has 0 aliphatic carbocycles. The van der Waals surface area contributed by atoms with E-state index >= 15 is 0 Å². The number of carbonyl (C=O) groups is 3. The number of carboxylic acid groups (broad SMARTS) is 3. The molecular weight excluding hydrogens is 236 g/mol. The summed E-state index contributed by atoms with van der Waals surface area (Å²) in [6.07, 6.45) is -2.29. The first-order chi connectivity index (χ1) is 6.78. The van der Waals surface area contributed by atoms with Crippen LogP contribution >= 0.6 is 0 Å². The number of hydrogen-bond acceptors (Lipinski definition) is 6. The number of aliphatic carboxylic acids is 3. The maximum Gasteiger partial charge on any atom is 2.00 e. The average Bonchev–Trinajstić information content (AvgIpc) is 2.04. The van der Waals surface area contributed by atoms with Crippen LogP contribution in [0.1, 0.15) is 15.7 Å². The van der Waals surface area contributed by atoms with Crippen molar-refractivity contribution in [3.63, 3.8) is 0 Å². The smallest absolute Gasteiger partial charge is 1.00 e. The van der Waals surface area contributed by atoms with E-state index in [-0.39, 0.29) is 25.9 Å². The number of nitrogens with two attached hydrogens (primary N) is 2. The number of aliphatic hydroxyl groups is 1. The molecule has 0 bridgehead atoms. The summed E-state index contributed by atoms with van der Waals surface area (Å²) < 4.78 is 0. The van der Waals surface area contributed by atoms with Gasteiger partial charge in [0.2, 0.25) is 0 Å². The van der Waals surface area contributed by atoms with Crippen molar-refractivity contribution >= 4 is 41.0 Å². The molecule has 0 atom stereocenters. The monoisotopic (exact) mass is 250 g/mol. The van der Waals surface area contributed by atoms with E-state index in [9.17, 15) is 14.4 Å². The second-order valence-corrected chi connectivity index (χ2v) is 2.48. The van der Waals surface area contributed by atoms with Crippen molar-refractivity contribution in [3.05, 3.63) is 0 Å². The minimum Gasteiger partial charge on any atom is -1.00 e. The third-order valence-electron chi connectivity index (χ3n) is 1.29. The molecule has 0 saturated heterocycles. The van der Waals surface area contributed by atoms with Gasteiger partial charge < -0.3 is 23.3 Å². The molecule has 0 unspecified atom stereocenters. The topological polar surface area (TPSA) is 184 Å². The Hall–Kier alpha value is -0.944. The molecule has 0 rings (SSSR count). The summed E-state index contributed by atoms with van der Waals surface area (Å²) in [5.74, 6) is 2.98. The number of carboxylic acids is 3. The van der Waals surface area contributed by atoms with Crippen molar-refractivity contribution in [1.29, 1.82) is 0 Å². The van der Waals surface area contributed by atoms with Gasteiger partial charge >= 0.3 is 41.0 Å². The van der Waals surface area contributed by atoms with Gasteiger partial charge in [-0.2, -0.15) is 0 Å². The van der Waals surface area contributed by atoms with Crippen molar-refractivity contribution in [2.24, 2.45) is 11.7 Å². The van der Waals surface area contributed by atoms with Crippen LogP contribution in [0.3, 0.4) is 0 Å². The molecule has 0 heterocycles. The van der Waals surface area contributed by atoms with Crippen LogP contribution in [0.5, 0.6) is 0 Å². The maximum absolute atomic E-state index is 10.3. The molecule has 0 spiro atoms. The molecule has 10 heteroatoms. The van der Waals surface area contributed by atoms with Crippen molar-refractivity contribution < 1.29 is 37.7 Å². The Bertz CT molecular complexity index is 250. The fraction of sp³-hybridized carbons (Fsp3) is 0.500. The Morgan fingerprint density at radius 1 is 1.00 bits per heavy atom. The van der Waals surface area contributed by atoms with Gasteiger partial charge in [-0.1, -0.05) is 0 Å². The minimum atomic E-state index is -2.74. The van der Waals surface area contributed by atoms with Crippen LogP contribution in [-0.4, -0.2) is 67.0 Å². The predicted octanol–water partition coefficient (Wildman–Crippen LogP) is -2.59. The standard InChI is InChI=1S/C6H8O7.Mg.H4N2.2H/c7-3(8)1-6(13,5(11)12)2-4(9)10;;1-2;;/h13H,1-2H2,(H,7,8)(H,9,10)(H,11,12);;1-2H2;;/q;+2;;2*-1. The van der Waals surface area contributed by atoms with E-state index in [1.807, 2.05) is 0 Å². The van der Waals surface area contributed by atoms with Gasteiger partial charge in [-0.25, -0.2) is 4.79 Å². The molecule has 0 aromatic heterocycles. The van der Waals surface area contributed by atoms with Gasteiger partial charge in [0.05, 0.1) is 12.8 Å². The van der Waals surface area contributed by atoms with Gasteiger partial charge in [0.1, 0.15) is 0 Å². The summed E-state index contributed by atoms with van der Waals surface area (Å²) in [6.45, 7) is 0. The largest absolute Gasteiger partial charge is 2.00 e. The first kappa shape index (κ1) is 20.5. The van der Waals surface area contributed by atoms with Crippen LogP contribution < -0.4 is 11.7 Å². The van der Waals surface area contributed by atoms with Crippen molar-refractivity contribution in [2.75, 3.05) is 0 Å². The number of hydrazine groups is 1. The van der Waals surface area contributed by atoms with Crippen LogP contribution in [0, 0.1) is 0 Å². The molecule has 92 valence electrons. The Morgan fingerprint density at radius 2 is 1.25 bits per heavy atom. The van der Waals surface area contributed by atoms with Crippen LogP contribution in [0.4, 0.5) is 0 Å². The molecule has 0 aliphatic heterocycles. The zero-order valence-electron chi connectivity index (χ0n) is 10.3. The van der Waals surface area contributed by atoms with E-state index in [1.54, 1.807) is 0 Å². The molecule has 0 saturated carbocycles. The summed E-state index contributed by atoms with van der Waals surface area (Å²) in [7, 11) is 0. The van der Waals surface area contributed by atoms with Crippen LogP contribution in [0.2, 0.25) is 0 Å². The first-order valence-corrected chi connectivity index (χ1v) is 3.50. The van der Waals surface area contributed by atoms with E-state index < -0.39 is 36.4 Å². The second kappa shape index (κ2) is 9.29. The van der Waals surface area contributed by atoms with Gasteiger partial charge in [-0.3, -0.25) is 21.3 Å². The molecule has 0 fully saturated rings. The van der Waals surface area contributed by atoms with E-state index in [0.717, 1.165) is 0 Å². The average molecular weight is 250 g/mol. The van der Waals surface area contributed by atoms with Gasteiger partial charge in [0.25, 0.3) is 0 Å². The summed E-state index contributed by atoms with van der Waals surface area (Å²) in [6, 6.07) is 0. The third-order valence-corrected chi connectivity index (χ3v) is 1.29. The molecule has 9 nitrogen and oxygen atoms in total.